The first-order valence-corrected chi connectivity index (χ1v) is 8.43. The second-order valence-corrected chi connectivity index (χ2v) is 6.44. The molecular formula is C20H21N3. The van der Waals surface area contributed by atoms with Gasteiger partial charge in [-0.05, 0) is 36.5 Å². The Kier molecular flexibility index (Phi) is 3.70. The molecule has 0 amide bonds. The van der Waals surface area contributed by atoms with Crippen LogP contribution in [-0.4, -0.2) is 9.97 Å². The van der Waals surface area contributed by atoms with Gasteiger partial charge in [0.25, 0.3) is 0 Å². The van der Waals surface area contributed by atoms with Gasteiger partial charge in [0.1, 0.15) is 5.52 Å². The van der Waals surface area contributed by atoms with Crippen molar-refractivity contribution in [2.24, 2.45) is 5.92 Å². The molecule has 3 aromatic rings. The number of nitrogens with zero attached hydrogens (tertiary/aromatic N) is 2. The van der Waals surface area contributed by atoms with E-state index in [-0.39, 0.29) is 0 Å². The van der Waals surface area contributed by atoms with E-state index < -0.39 is 0 Å². The number of hydrogen-bond donors (Lipinski definition) is 1. The Hall–Kier alpha value is -2.42. The van der Waals surface area contributed by atoms with Gasteiger partial charge in [-0.3, -0.25) is 4.98 Å². The highest BCUT2D eigenvalue weighted by molar-refractivity contribution is 6.08. The molecule has 0 saturated heterocycles. The summed E-state index contributed by atoms with van der Waals surface area (Å²) in [4.78, 5) is 9.01. The SMILES string of the molecule is Nc1nc2ccccc2c2cc(C=CC3CCCCC3)cnc12. The van der Waals surface area contributed by atoms with E-state index in [1.807, 2.05) is 24.4 Å². The van der Waals surface area contributed by atoms with Crippen LogP contribution in [0.25, 0.3) is 27.9 Å². The molecule has 1 aromatic carbocycles. The first kappa shape index (κ1) is 14.2. The molecule has 116 valence electrons. The Balaban J connectivity index is 1.77. The molecule has 1 aliphatic rings. The molecule has 0 aliphatic heterocycles. The number of para-hydroxylation sites is 1. The molecule has 0 bridgehead atoms. The van der Waals surface area contributed by atoms with E-state index in [9.17, 15) is 0 Å². The number of hydrogen-bond acceptors (Lipinski definition) is 3. The molecule has 2 heterocycles. The Labute approximate surface area is 136 Å². The van der Waals surface area contributed by atoms with E-state index in [2.05, 4.69) is 34.3 Å². The lowest BCUT2D eigenvalue weighted by molar-refractivity contribution is 0.420. The molecule has 3 nitrogen and oxygen atoms in total. The monoisotopic (exact) mass is 303 g/mol. The van der Waals surface area contributed by atoms with Crippen LogP contribution in [0.3, 0.4) is 0 Å². The van der Waals surface area contributed by atoms with Gasteiger partial charge in [-0.15, -0.1) is 0 Å². The Morgan fingerprint density at radius 3 is 2.74 bits per heavy atom. The standard InChI is InChI=1S/C20H21N3/c21-20-19-17(16-8-4-5-9-18(16)23-20)12-15(13-22-19)11-10-14-6-2-1-3-7-14/h4-5,8-14H,1-3,6-7H2,(H2,21,23). The van der Waals surface area contributed by atoms with Crippen molar-refractivity contribution in [3.05, 3.63) is 48.2 Å². The van der Waals surface area contributed by atoms with Gasteiger partial charge in [-0.25, -0.2) is 4.98 Å². The van der Waals surface area contributed by atoms with Crippen LogP contribution >= 0.6 is 0 Å². The van der Waals surface area contributed by atoms with Gasteiger partial charge in [0, 0.05) is 17.0 Å². The minimum absolute atomic E-state index is 0.501. The van der Waals surface area contributed by atoms with Crippen LogP contribution in [0.1, 0.15) is 37.7 Å². The fourth-order valence-electron chi connectivity index (χ4n) is 3.54. The number of nitrogen functional groups attached to an aromatic ring is 1. The first-order chi connectivity index (χ1) is 11.3. The maximum Gasteiger partial charge on any atom is 0.150 e. The number of aromatic nitrogens is 2. The summed E-state index contributed by atoms with van der Waals surface area (Å²) in [7, 11) is 0. The lowest BCUT2D eigenvalue weighted by atomic mass is 9.89. The molecule has 1 aliphatic carbocycles. The normalized spacial score (nSPS) is 16.5. The lowest BCUT2D eigenvalue weighted by Gasteiger charge is -2.17. The smallest absolute Gasteiger partial charge is 0.150 e. The van der Waals surface area contributed by atoms with E-state index >= 15 is 0 Å². The molecule has 0 unspecified atom stereocenters. The highest BCUT2D eigenvalue weighted by atomic mass is 14.9. The second kappa shape index (κ2) is 5.99. The van der Waals surface area contributed by atoms with Crippen LogP contribution in [0, 0.1) is 5.92 Å². The van der Waals surface area contributed by atoms with Crippen molar-refractivity contribution in [3.63, 3.8) is 0 Å². The van der Waals surface area contributed by atoms with Gasteiger partial charge < -0.3 is 5.73 Å². The molecule has 4 rings (SSSR count). The van der Waals surface area contributed by atoms with E-state index in [1.165, 1.54) is 32.1 Å². The average Bonchev–Trinajstić information content (AvgIpc) is 2.61. The van der Waals surface area contributed by atoms with Crippen molar-refractivity contribution in [2.75, 3.05) is 5.73 Å². The quantitative estimate of drug-likeness (QED) is 0.681. The Bertz CT molecular complexity index is 877. The molecule has 23 heavy (non-hydrogen) atoms. The van der Waals surface area contributed by atoms with Crippen molar-refractivity contribution >= 4 is 33.7 Å². The van der Waals surface area contributed by atoms with E-state index in [0.29, 0.717) is 5.82 Å². The predicted molar refractivity (Wildman–Crippen MR) is 97.1 cm³/mol. The number of allylic oxidation sites excluding steroid dienone is 1. The van der Waals surface area contributed by atoms with Crippen molar-refractivity contribution in [1.82, 2.24) is 9.97 Å². The van der Waals surface area contributed by atoms with Gasteiger partial charge in [0.15, 0.2) is 5.82 Å². The van der Waals surface area contributed by atoms with E-state index in [0.717, 1.165) is 33.3 Å². The maximum absolute atomic E-state index is 6.07. The Morgan fingerprint density at radius 2 is 1.87 bits per heavy atom. The van der Waals surface area contributed by atoms with Crippen LogP contribution in [0.5, 0.6) is 0 Å². The van der Waals surface area contributed by atoms with Crippen molar-refractivity contribution < 1.29 is 0 Å². The zero-order valence-electron chi connectivity index (χ0n) is 13.2. The summed E-state index contributed by atoms with van der Waals surface area (Å²) in [5.41, 5.74) is 8.92. The van der Waals surface area contributed by atoms with Crippen molar-refractivity contribution in [2.45, 2.75) is 32.1 Å². The van der Waals surface area contributed by atoms with E-state index in [1.54, 1.807) is 0 Å². The highest BCUT2D eigenvalue weighted by Gasteiger charge is 2.10. The molecule has 0 radical (unpaired) electrons. The number of nitrogens with two attached hydrogens (primary N) is 1. The number of pyridine rings is 2. The largest absolute Gasteiger partial charge is 0.382 e. The van der Waals surface area contributed by atoms with Gasteiger partial charge >= 0.3 is 0 Å². The van der Waals surface area contributed by atoms with Gasteiger partial charge in [-0.1, -0.05) is 49.6 Å². The number of anilines is 1. The maximum atomic E-state index is 6.07. The van der Waals surface area contributed by atoms with Crippen molar-refractivity contribution in [1.29, 1.82) is 0 Å². The number of benzene rings is 1. The highest BCUT2D eigenvalue weighted by Crippen LogP contribution is 2.28. The zero-order chi connectivity index (χ0) is 15.6. The third-order valence-corrected chi connectivity index (χ3v) is 4.80. The van der Waals surface area contributed by atoms with Crippen LogP contribution < -0.4 is 5.73 Å². The third kappa shape index (κ3) is 2.79. The van der Waals surface area contributed by atoms with Gasteiger partial charge in [0.2, 0.25) is 0 Å². The zero-order valence-corrected chi connectivity index (χ0v) is 13.2. The van der Waals surface area contributed by atoms with E-state index in [4.69, 9.17) is 5.73 Å². The summed E-state index contributed by atoms with van der Waals surface area (Å²) in [6.45, 7) is 0. The summed E-state index contributed by atoms with van der Waals surface area (Å²) >= 11 is 0. The molecule has 1 saturated carbocycles. The van der Waals surface area contributed by atoms with Crippen molar-refractivity contribution in [3.8, 4) is 0 Å². The molecule has 1 fully saturated rings. The molecule has 2 aromatic heterocycles. The fourth-order valence-corrected chi connectivity index (χ4v) is 3.54. The fraction of sp³-hybridized carbons (Fsp3) is 0.300. The summed E-state index contributed by atoms with van der Waals surface area (Å²) in [6, 6.07) is 10.3. The summed E-state index contributed by atoms with van der Waals surface area (Å²) in [6.07, 6.45) is 13.2. The topological polar surface area (TPSA) is 51.8 Å². The first-order valence-electron chi connectivity index (χ1n) is 8.43. The molecular weight excluding hydrogens is 282 g/mol. The third-order valence-electron chi connectivity index (χ3n) is 4.80. The summed E-state index contributed by atoms with van der Waals surface area (Å²) < 4.78 is 0. The minimum Gasteiger partial charge on any atom is -0.382 e. The Morgan fingerprint density at radius 1 is 1.04 bits per heavy atom. The second-order valence-electron chi connectivity index (χ2n) is 6.44. The average molecular weight is 303 g/mol. The predicted octanol–water partition coefficient (Wildman–Crippen LogP) is 4.96. The van der Waals surface area contributed by atoms with Crippen LogP contribution in [-0.2, 0) is 0 Å². The molecule has 0 spiro atoms. The van der Waals surface area contributed by atoms with Gasteiger partial charge in [-0.2, -0.15) is 0 Å². The lowest BCUT2D eigenvalue weighted by Crippen LogP contribution is -2.02. The summed E-state index contributed by atoms with van der Waals surface area (Å²) in [5.74, 6) is 1.22. The van der Waals surface area contributed by atoms with Crippen LogP contribution in [0.2, 0.25) is 0 Å². The van der Waals surface area contributed by atoms with Crippen LogP contribution in [0.15, 0.2) is 42.6 Å². The van der Waals surface area contributed by atoms with Crippen LogP contribution in [0.4, 0.5) is 5.82 Å². The molecule has 2 N–H and O–H groups in total. The number of rotatable bonds is 2. The minimum atomic E-state index is 0.501. The van der Waals surface area contributed by atoms with Gasteiger partial charge in [0.05, 0.1) is 5.52 Å². The molecule has 3 heteroatoms. The number of fused-ring (bicyclic) bond motifs is 3. The molecule has 0 atom stereocenters. The summed E-state index contributed by atoms with van der Waals surface area (Å²) in [5, 5.41) is 2.19.